The molecule has 0 bridgehead atoms. The van der Waals surface area contributed by atoms with Crippen molar-refractivity contribution >= 4 is 23.6 Å². The molecule has 0 spiro atoms. The minimum Gasteiger partial charge on any atom is -0.481 e. The second kappa shape index (κ2) is 6.78. The molecule has 0 aliphatic carbocycles. The van der Waals surface area contributed by atoms with E-state index in [4.69, 9.17) is 5.11 Å². The van der Waals surface area contributed by atoms with Crippen LogP contribution in [-0.2, 0) is 9.59 Å². The van der Waals surface area contributed by atoms with E-state index in [-0.39, 0.29) is 24.4 Å². The zero-order chi connectivity index (χ0) is 12.8. The summed E-state index contributed by atoms with van der Waals surface area (Å²) in [7, 11) is 0. The highest BCUT2D eigenvalue weighted by atomic mass is 32.2. The van der Waals surface area contributed by atoms with Gasteiger partial charge >= 0.3 is 5.97 Å². The SMILES string of the molecule is CSCCC(=O)N(CCC(=O)O)C(C)(C)C. The molecule has 0 unspecified atom stereocenters. The first-order valence-corrected chi connectivity index (χ1v) is 6.69. The molecule has 0 saturated heterocycles. The van der Waals surface area contributed by atoms with Gasteiger partial charge in [0.1, 0.15) is 0 Å². The number of nitrogens with zero attached hydrogens (tertiary/aromatic N) is 1. The van der Waals surface area contributed by atoms with E-state index < -0.39 is 5.97 Å². The van der Waals surface area contributed by atoms with Crippen molar-refractivity contribution in [2.24, 2.45) is 0 Å². The van der Waals surface area contributed by atoms with E-state index in [0.717, 1.165) is 5.75 Å². The van der Waals surface area contributed by atoms with Crippen LogP contribution >= 0.6 is 11.8 Å². The first-order valence-electron chi connectivity index (χ1n) is 5.30. The molecular formula is C11H21NO3S. The lowest BCUT2D eigenvalue weighted by molar-refractivity contribution is -0.140. The summed E-state index contributed by atoms with van der Waals surface area (Å²) in [4.78, 5) is 24.1. The van der Waals surface area contributed by atoms with Gasteiger partial charge in [-0.05, 0) is 27.0 Å². The van der Waals surface area contributed by atoms with Crippen molar-refractivity contribution in [3.63, 3.8) is 0 Å². The van der Waals surface area contributed by atoms with Crippen molar-refractivity contribution in [2.45, 2.75) is 39.2 Å². The Balaban J connectivity index is 4.42. The molecule has 4 nitrogen and oxygen atoms in total. The molecule has 0 rings (SSSR count). The molecule has 0 atom stereocenters. The Bertz CT molecular complexity index is 248. The van der Waals surface area contributed by atoms with Gasteiger partial charge in [-0.1, -0.05) is 0 Å². The Morgan fingerprint density at radius 2 is 1.81 bits per heavy atom. The molecule has 0 radical (unpaired) electrons. The van der Waals surface area contributed by atoms with Crippen LogP contribution in [0.25, 0.3) is 0 Å². The van der Waals surface area contributed by atoms with Crippen LogP contribution in [0.4, 0.5) is 0 Å². The molecule has 94 valence electrons. The second-order valence-electron chi connectivity index (χ2n) is 4.60. The molecule has 16 heavy (non-hydrogen) atoms. The number of hydrogen-bond acceptors (Lipinski definition) is 3. The third kappa shape index (κ3) is 6.00. The number of hydrogen-bond donors (Lipinski definition) is 1. The van der Waals surface area contributed by atoms with Crippen LogP contribution in [0.3, 0.4) is 0 Å². The Labute approximate surface area is 101 Å². The third-order valence-corrected chi connectivity index (χ3v) is 2.79. The second-order valence-corrected chi connectivity index (χ2v) is 5.59. The van der Waals surface area contributed by atoms with Crippen molar-refractivity contribution < 1.29 is 14.7 Å². The van der Waals surface area contributed by atoms with Gasteiger partial charge in [-0.25, -0.2) is 0 Å². The predicted octanol–water partition coefficient (Wildman–Crippen LogP) is 1.84. The summed E-state index contributed by atoms with van der Waals surface area (Å²) in [6.45, 7) is 6.05. The number of amides is 1. The minimum atomic E-state index is -0.869. The lowest BCUT2D eigenvalue weighted by Crippen LogP contribution is -2.46. The molecule has 0 heterocycles. The van der Waals surface area contributed by atoms with Crippen molar-refractivity contribution in [1.82, 2.24) is 4.90 Å². The van der Waals surface area contributed by atoms with Crippen molar-refractivity contribution in [2.75, 3.05) is 18.6 Å². The first-order chi connectivity index (χ1) is 7.29. The largest absolute Gasteiger partial charge is 0.481 e. The van der Waals surface area contributed by atoms with Gasteiger partial charge in [-0.2, -0.15) is 11.8 Å². The number of carbonyl (C=O) groups is 2. The van der Waals surface area contributed by atoms with E-state index in [0.29, 0.717) is 6.42 Å². The van der Waals surface area contributed by atoms with Crippen LogP contribution < -0.4 is 0 Å². The van der Waals surface area contributed by atoms with Crippen LogP contribution in [0.5, 0.6) is 0 Å². The molecular weight excluding hydrogens is 226 g/mol. The van der Waals surface area contributed by atoms with Gasteiger partial charge < -0.3 is 10.0 Å². The summed E-state index contributed by atoms with van der Waals surface area (Å²) < 4.78 is 0. The summed E-state index contributed by atoms with van der Waals surface area (Å²) >= 11 is 1.62. The zero-order valence-electron chi connectivity index (χ0n) is 10.4. The van der Waals surface area contributed by atoms with E-state index in [1.54, 1.807) is 16.7 Å². The molecule has 0 aromatic rings. The van der Waals surface area contributed by atoms with Gasteiger partial charge in [0.25, 0.3) is 0 Å². The quantitative estimate of drug-likeness (QED) is 0.778. The standard InChI is InChI=1S/C11H21NO3S/c1-11(2,3)12(7-5-10(14)15)9(13)6-8-16-4/h5-8H2,1-4H3,(H,14,15). The number of thioether (sulfide) groups is 1. The number of rotatable bonds is 6. The Morgan fingerprint density at radius 3 is 2.19 bits per heavy atom. The summed E-state index contributed by atoms with van der Waals surface area (Å²) in [6.07, 6.45) is 2.42. The maximum atomic E-state index is 11.9. The molecule has 0 fully saturated rings. The Morgan fingerprint density at radius 1 is 1.25 bits per heavy atom. The average molecular weight is 247 g/mol. The molecule has 1 N–H and O–H groups in total. The van der Waals surface area contributed by atoms with E-state index >= 15 is 0 Å². The van der Waals surface area contributed by atoms with Crippen LogP contribution in [0, 0.1) is 0 Å². The van der Waals surface area contributed by atoms with E-state index in [1.807, 2.05) is 27.0 Å². The third-order valence-electron chi connectivity index (χ3n) is 2.18. The highest BCUT2D eigenvalue weighted by Crippen LogP contribution is 2.16. The van der Waals surface area contributed by atoms with Gasteiger partial charge in [0.15, 0.2) is 0 Å². The predicted molar refractivity (Wildman–Crippen MR) is 66.7 cm³/mol. The summed E-state index contributed by atoms with van der Waals surface area (Å²) in [6, 6.07) is 0. The first kappa shape index (κ1) is 15.3. The lowest BCUT2D eigenvalue weighted by atomic mass is 10.0. The topological polar surface area (TPSA) is 57.6 Å². The van der Waals surface area contributed by atoms with E-state index in [9.17, 15) is 9.59 Å². The van der Waals surface area contributed by atoms with Crippen molar-refractivity contribution in [3.05, 3.63) is 0 Å². The summed E-state index contributed by atoms with van der Waals surface area (Å²) in [5.41, 5.74) is -0.315. The van der Waals surface area contributed by atoms with E-state index in [1.165, 1.54) is 0 Å². The average Bonchev–Trinajstić information content (AvgIpc) is 2.12. The fourth-order valence-corrected chi connectivity index (χ4v) is 1.74. The van der Waals surface area contributed by atoms with E-state index in [2.05, 4.69) is 0 Å². The Kier molecular flexibility index (Phi) is 6.48. The normalized spacial score (nSPS) is 11.2. The van der Waals surface area contributed by atoms with Crippen molar-refractivity contribution in [3.8, 4) is 0 Å². The van der Waals surface area contributed by atoms with Crippen LogP contribution in [0.15, 0.2) is 0 Å². The number of carbonyl (C=O) groups excluding carboxylic acids is 1. The number of aliphatic carboxylic acids is 1. The fraction of sp³-hybridized carbons (Fsp3) is 0.818. The molecule has 0 aliphatic rings. The molecule has 0 saturated carbocycles. The number of carboxylic acid groups (broad SMARTS) is 1. The molecule has 1 amide bonds. The fourth-order valence-electron chi connectivity index (χ4n) is 1.37. The highest BCUT2D eigenvalue weighted by Gasteiger charge is 2.26. The number of carboxylic acids is 1. The van der Waals surface area contributed by atoms with Gasteiger partial charge in [0.05, 0.1) is 6.42 Å². The summed E-state index contributed by atoms with van der Waals surface area (Å²) in [5, 5.41) is 8.64. The van der Waals surface area contributed by atoms with Gasteiger partial charge in [0.2, 0.25) is 5.91 Å². The van der Waals surface area contributed by atoms with Gasteiger partial charge in [-0.15, -0.1) is 0 Å². The lowest BCUT2D eigenvalue weighted by Gasteiger charge is -2.35. The molecule has 0 aliphatic heterocycles. The minimum absolute atomic E-state index is 0.00226. The van der Waals surface area contributed by atoms with Crippen LogP contribution in [-0.4, -0.2) is 46.0 Å². The van der Waals surface area contributed by atoms with Gasteiger partial charge in [0, 0.05) is 24.3 Å². The van der Waals surface area contributed by atoms with Crippen molar-refractivity contribution in [1.29, 1.82) is 0 Å². The van der Waals surface area contributed by atoms with Crippen LogP contribution in [0.1, 0.15) is 33.6 Å². The highest BCUT2D eigenvalue weighted by molar-refractivity contribution is 7.98. The molecule has 0 aromatic heterocycles. The molecule has 5 heteroatoms. The Hall–Kier alpha value is -0.710. The maximum absolute atomic E-state index is 11.9. The van der Waals surface area contributed by atoms with Crippen LogP contribution in [0.2, 0.25) is 0 Å². The zero-order valence-corrected chi connectivity index (χ0v) is 11.3. The van der Waals surface area contributed by atoms with Gasteiger partial charge in [-0.3, -0.25) is 9.59 Å². The molecule has 0 aromatic carbocycles. The smallest absolute Gasteiger partial charge is 0.305 e. The maximum Gasteiger partial charge on any atom is 0.305 e. The monoisotopic (exact) mass is 247 g/mol. The summed E-state index contributed by atoms with van der Waals surface area (Å²) in [5.74, 6) is -0.0617.